The van der Waals surface area contributed by atoms with Gasteiger partial charge in [0.25, 0.3) is 5.56 Å². The molecule has 192 valence electrons. The largest absolute Gasteiger partial charge is 0.497 e. The van der Waals surface area contributed by atoms with Crippen molar-refractivity contribution in [3.63, 3.8) is 0 Å². The van der Waals surface area contributed by atoms with E-state index in [2.05, 4.69) is 62.2 Å². The number of rotatable bonds is 5. The maximum Gasteiger partial charge on any atom is 0.271 e. The Labute approximate surface area is 241 Å². The van der Waals surface area contributed by atoms with Gasteiger partial charge in [-0.3, -0.25) is 9.36 Å². The Morgan fingerprint density at radius 1 is 1.08 bits per heavy atom. The molecular formula is C30H24Br2N2O3S. The Balaban J connectivity index is 1.58. The minimum Gasteiger partial charge on any atom is -0.497 e. The van der Waals surface area contributed by atoms with Gasteiger partial charge in [0.15, 0.2) is 4.80 Å². The lowest BCUT2D eigenvalue weighted by Gasteiger charge is -2.31. The van der Waals surface area contributed by atoms with E-state index in [0.717, 1.165) is 55.7 Å². The number of hydrogen-bond donors (Lipinski definition) is 0. The van der Waals surface area contributed by atoms with E-state index in [4.69, 9.17) is 14.5 Å². The van der Waals surface area contributed by atoms with Crippen molar-refractivity contribution >= 4 is 55.0 Å². The second kappa shape index (κ2) is 10.3. The third-order valence-electron chi connectivity index (χ3n) is 6.89. The summed E-state index contributed by atoms with van der Waals surface area (Å²) in [6, 6.07) is 20.1. The second-order valence-electron chi connectivity index (χ2n) is 9.14. The van der Waals surface area contributed by atoms with Gasteiger partial charge >= 0.3 is 0 Å². The zero-order valence-corrected chi connectivity index (χ0v) is 24.8. The topological polar surface area (TPSA) is 52.8 Å². The molecule has 5 nitrogen and oxygen atoms in total. The third-order valence-corrected chi connectivity index (χ3v) is 9.05. The molecule has 1 aromatic heterocycles. The van der Waals surface area contributed by atoms with Gasteiger partial charge in [-0.2, -0.15) is 0 Å². The van der Waals surface area contributed by atoms with Gasteiger partial charge < -0.3 is 9.47 Å². The van der Waals surface area contributed by atoms with E-state index in [1.165, 1.54) is 22.5 Å². The van der Waals surface area contributed by atoms with E-state index in [1.54, 1.807) is 7.11 Å². The molecule has 4 aromatic rings. The first-order valence-corrected chi connectivity index (χ1v) is 14.8. The van der Waals surface area contributed by atoms with Crippen LogP contribution < -0.4 is 24.4 Å². The standard InChI is InChI=1S/C30H24Br2N2O3S/c1-3-37-28-23(31)13-17(14-24(28)32)15-25-29(35)34-27(19-8-6-9-20(16-19)36-2)22-12-11-18-7-4-5-10-21(18)26(22)33-30(34)38-25/h4-10,13-16,27H,3,11-12H2,1-2H3/b25-15+/t27-/m1/s1. The fourth-order valence-corrected chi connectivity index (χ4v) is 7.68. The van der Waals surface area contributed by atoms with E-state index in [-0.39, 0.29) is 11.6 Å². The van der Waals surface area contributed by atoms with Crippen LogP contribution in [0.2, 0.25) is 0 Å². The summed E-state index contributed by atoms with van der Waals surface area (Å²) >= 11 is 8.64. The van der Waals surface area contributed by atoms with Gasteiger partial charge in [-0.25, -0.2) is 4.99 Å². The number of allylic oxidation sites excluding steroid dienone is 1. The number of benzene rings is 3. The highest BCUT2D eigenvalue weighted by Gasteiger charge is 2.32. The van der Waals surface area contributed by atoms with Crippen LogP contribution in [0.4, 0.5) is 0 Å². The molecule has 0 N–H and O–H groups in total. The summed E-state index contributed by atoms with van der Waals surface area (Å²) in [5.74, 6) is 1.51. The number of hydrogen-bond acceptors (Lipinski definition) is 5. The van der Waals surface area contributed by atoms with Crippen molar-refractivity contribution in [3.8, 4) is 11.5 Å². The number of fused-ring (bicyclic) bond motifs is 3. The number of halogens is 2. The van der Waals surface area contributed by atoms with Crippen LogP contribution in [-0.4, -0.2) is 18.3 Å². The SMILES string of the molecule is CCOc1c(Br)cc(/C=c2/sc3n(c2=O)[C@H](c2cccc(OC)c2)C2=C(N=3)c3ccccc3CC2)cc1Br. The van der Waals surface area contributed by atoms with Crippen molar-refractivity contribution in [3.05, 3.63) is 117 Å². The highest BCUT2D eigenvalue weighted by Crippen LogP contribution is 2.41. The first-order valence-electron chi connectivity index (χ1n) is 12.4. The molecule has 2 heterocycles. The zero-order chi connectivity index (χ0) is 26.4. The first-order chi connectivity index (χ1) is 18.5. The van der Waals surface area contributed by atoms with E-state index >= 15 is 0 Å². The smallest absolute Gasteiger partial charge is 0.271 e. The van der Waals surface area contributed by atoms with Gasteiger partial charge in [0, 0.05) is 5.56 Å². The molecule has 1 aliphatic carbocycles. The molecule has 0 saturated heterocycles. The Bertz CT molecular complexity index is 1760. The van der Waals surface area contributed by atoms with Gasteiger partial charge in [0.1, 0.15) is 11.5 Å². The minimum absolute atomic E-state index is 0.0480. The van der Waals surface area contributed by atoms with Crippen LogP contribution in [0.3, 0.4) is 0 Å². The van der Waals surface area contributed by atoms with Crippen LogP contribution in [0.25, 0.3) is 11.8 Å². The summed E-state index contributed by atoms with van der Waals surface area (Å²) in [6.45, 7) is 2.51. The summed E-state index contributed by atoms with van der Waals surface area (Å²) in [4.78, 5) is 19.8. The van der Waals surface area contributed by atoms with Crippen LogP contribution in [0.1, 0.15) is 41.6 Å². The molecule has 0 spiro atoms. The van der Waals surface area contributed by atoms with Crippen molar-refractivity contribution in [1.82, 2.24) is 4.57 Å². The maximum absolute atomic E-state index is 14.0. The van der Waals surface area contributed by atoms with Crippen LogP contribution in [-0.2, 0) is 6.42 Å². The molecule has 0 saturated carbocycles. The lowest BCUT2D eigenvalue weighted by Crippen LogP contribution is -2.38. The molecule has 3 aromatic carbocycles. The van der Waals surface area contributed by atoms with Crippen molar-refractivity contribution in [1.29, 1.82) is 0 Å². The summed E-state index contributed by atoms with van der Waals surface area (Å²) < 4.78 is 15.4. The number of thiazole rings is 1. The predicted molar refractivity (Wildman–Crippen MR) is 159 cm³/mol. The highest BCUT2D eigenvalue weighted by molar-refractivity contribution is 9.11. The normalized spacial score (nSPS) is 16.4. The molecule has 1 atom stereocenters. The molecule has 8 heteroatoms. The Morgan fingerprint density at radius 3 is 2.63 bits per heavy atom. The molecule has 0 fully saturated rings. The molecule has 38 heavy (non-hydrogen) atoms. The molecule has 2 aliphatic rings. The fourth-order valence-electron chi connectivity index (χ4n) is 5.23. The van der Waals surface area contributed by atoms with Gasteiger partial charge in [0.05, 0.1) is 38.9 Å². The van der Waals surface area contributed by atoms with Gasteiger partial charge in [-0.05, 0) is 104 Å². The Morgan fingerprint density at radius 2 is 1.87 bits per heavy atom. The Kier molecular flexibility index (Phi) is 6.88. The molecule has 0 bridgehead atoms. The number of ether oxygens (including phenoxy) is 2. The average molecular weight is 652 g/mol. The maximum atomic E-state index is 14.0. The molecule has 0 radical (unpaired) electrons. The number of aromatic nitrogens is 1. The summed E-state index contributed by atoms with van der Waals surface area (Å²) in [6.07, 6.45) is 3.69. The van der Waals surface area contributed by atoms with E-state index < -0.39 is 0 Å². The summed E-state index contributed by atoms with van der Waals surface area (Å²) in [5, 5.41) is 0. The van der Waals surface area contributed by atoms with E-state index in [1.807, 2.05) is 47.9 Å². The quantitative estimate of drug-likeness (QED) is 0.256. The van der Waals surface area contributed by atoms with Crippen LogP contribution in [0, 0.1) is 0 Å². The van der Waals surface area contributed by atoms with E-state index in [9.17, 15) is 4.79 Å². The summed E-state index contributed by atoms with van der Waals surface area (Å²) in [5.41, 5.74) is 6.46. The van der Waals surface area contributed by atoms with Gasteiger partial charge in [-0.15, -0.1) is 0 Å². The molecule has 1 aliphatic heterocycles. The molecule has 6 rings (SSSR count). The van der Waals surface area contributed by atoms with Gasteiger partial charge in [-0.1, -0.05) is 47.7 Å². The van der Waals surface area contributed by atoms with Crippen LogP contribution in [0.5, 0.6) is 11.5 Å². The molecule has 0 amide bonds. The highest BCUT2D eigenvalue weighted by atomic mass is 79.9. The zero-order valence-electron chi connectivity index (χ0n) is 20.8. The Hall–Kier alpha value is -2.94. The summed E-state index contributed by atoms with van der Waals surface area (Å²) in [7, 11) is 1.67. The third kappa shape index (κ3) is 4.38. The molecular weight excluding hydrogens is 628 g/mol. The lowest BCUT2D eigenvalue weighted by molar-refractivity contribution is 0.336. The van der Waals surface area contributed by atoms with E-state index in [0.29, 0.717) is 15.9 Å². The van der Waals surface area contributed by atoms with Crippen molar-refractivity contribution in [2.75, 3.05) is 13.7 Å². The monoisotopic (exact) mass is 650 g/mol. The van der Waals surface area contributed by atoms with Crippen molar-refractivity contribution < 1.29 is 9.47 Å². The van der Waals surface area contributed by atoms with Crippen molar-refractivity contribution in [2.45, 2.75) is 25.8 Å². The number of methoxy groups -OCH3 is 1. The minimum atomic E-state index is -0.245. The number of aryl methyl sites for hydroxylation is 1. The van der Waals surface area contributed by atoms with Crippen LogP contribution in [0.15, 0.2) is 85.0 Å². The molecule has 0 unspecified atom stereocenters. The van der Waals surface area contributed by atoms with Crippen LogP contribution >= 0.6 is 43.2 Å². The lowest BCUT2D eigenvalue weighted by atomic mass is 9.83. The van der Waals surface area contributed by atoms with Crippen molar-refractivity contribution in [2.24, 2.45) is 4.99 Å². The predicted octanol–water partition coefficient (Wildman–Crippen LogP) is 6.25. The number of nitrogens with zero attached hydrogens (tertiary/aromatic N) is 2. The second-order valence-corrected chi connectivity index (χ2v) is 11.9. The first kappa shape index (κ1) is 25.3. The van der Waals surface area contributed by atoms with Gasteiger partial charge in [0.2, 0.25) is 0 Å². The average Bonchev–Trinajstić information content (AvgIpc) is 3.23. The fraction of sp³-hybridized carbons (Fsp3) is 0.200.